The first-order valence-electron chi connectivity index (χ1n) is 16.9. The monoisotopic (exact) mass is 632 g/mol. The number of rotatable bonds is 3. The molecule has 10 aromatic rings. The van der Waals surface area contributed by atoms with Crippen molar-refractivity contribution in [2.75, 3.05) is 0 Å². The summed E-state index contributed by atoms with van der Waals surface area (Å²) in [5, 5.41) is 22.9. The minimum Gasteiger partial charge on any atom is -0.247 e. The maximum Gasteiger partial charge on any atom is 0.0991 e. The van der Waals surface area contributed by atoms with Gasteiger partial charge in [0.05, 0.1) is 22.8 Å². The van der Waals surface area contributed by atoms with Gasteiger partial charge in [-0.1, -0.05) is 133 Å². The molecular formula is C48H28N2. The zero-order valence-electron chi connectivity index (χ0n) is 27.1. The lowest BCUT2D eigenvalue weighted by molar-refractivity contribution is 1.42. The smallest absolute Gasteiger partial charge is 0.0991 e. The van der Waals surface area contributed by atoms with Crippen molar-refractivity contribution in [2.24, 2.45) is 0 Å². The first kappa shape index (κ1) is 28.2. The number of pyridine rings is 1. The van der Waals surface area contributed by atoms with Gasteiger partial charge in [0.15, 0.2) is 0 Å². The largest absolute Gasteiger partial charge is 0.247 e. The SMILES string of the molecule is N#Cc1cccc(-c2cc(-c3cc4ccccc4c4ccccc34)nc3c2cc(-c2cc4ccccc4c4ccccc24)c2ccccc23)c1. The molecule has 10 rings (SSSR count). The van der Waals surface area contributed by atoms with Gasteiger partial charge >= 0.3 is 0 Å². The van der Waals surface area contributed by atoms with Crippen LogP contribution < -0.4 is 0 Å². The van der Waals surface area contributed by atoms with Gasteiger partial charge in [0.25, 0.3) is 0 Å². The van der Waals surface area contributed by atoms with E-state index in [1.54, 1.807) is 0 Å². The third kappa shape index (κ3) is 4.31. The van der Waals surface area contributed by atoms with E-state index in [1.807, 2.05) is 18.2 Å². The highest BCUT2D eigenvalue weighted by atomic mass is 14.7. The maximum atomic E-state index is 9.93. The van der Waals surface area contributed by atoms with E-state index in [0.717, 1.165) is 44.1 Å². The molecule has 2 nitrogen and oxygen atoms in total. The minimum absolute atomic E-state index is 0.631. The third-order valence-electron chi connectivity index (χ3n) is 10.2. The molecule has 0 saturated heterocycles. The first-order valence-corrected chi connectivity index (χ1v) is 16.9. The summed E-state index contributed by atoms with van der Waals surface area (Å²) in [7, 11) is 0. The van der Waals surface area contributed by atoms with Gasteiger partial charge in [0.2, 0.25) is 0 Å². The fraction of sp³-hybridized carbons (Fsp3) is 0. The summed E-state index contributed by atoms with van der Waals surface area (Å²) in [5.74, 6) is 0. The lowest BCUT2D eigenvalue weighted by Gasteiger charge is -2.18. The van der Waals surface area contributed by atoms with Gasteiger partial charge in [-0.3, -0.25) is 0 Å². The summed E-state index contributed by atoms with van der Waals surface area (Å²) in [4.78, 5) is 5.54. The first-order chi connectivity index (χ1) is 24.7. The molecule has 0 spiro atoms. The van der Waals surface area contributed by atoms with E-state index in [2.05, 4.69) is 158 Å². The molecule has 230 valence electrons. The van der Waals surface area contributed by atoms with Crippen LogP contribution in [0.1, 0.15) is 5.56 Å². The van der Waals surface area contributed by atoms with Crippen LogP contribution in [-0.2, 0) is 0 Å². The van der Waals surface area contributed by atoms with E-state index in [0.29, 0.717) is 5.56 Å². The lowest BCUT2D eigenvalue weighted by Crippen LogP contribution is -1.95. The molecule has 0 fully saturated rings. The molecule has 0 amide bonds. The third-order valence-corrected chi connectivity index (χ3v) is 10.2. The average molecular weight is 633 g/mol. The van der Waals surface area contributed by atoms with Gasteiger partial charge in [-0.15, -0.1) is 0 Å². The molecule has 0 aliphatic heterocycles. The van der Waals surface area contributed by atoms with Crippen LogP contribution in [0.4, 0.5) is 0 Å². The van der Waals surface area contributed by atoms with Gasteiger partial charge in [0.1, 0.15) is 0 Å². The molecule has 0 atom stereocenters. The lowest BCUT2D eigenvalue weighted by atomic mass is 9.87. The Kier molecular flexibility index (Phi) is 6.28. The van der Waals surface area contributed by atoms with Crippen LogP contribution >= 0.6 is 0 Å². The molecule has 1 aromatic heterocycles. The summed E-state index contributed by atoms with van der Waals surface area (Å²) in [5.41, 5.74) is 7.98. The molecule has 0 N–H and O–H groups in total. The van der Waals surface area contributed by atoms with Gasteiger partial charge in [0, 0.05) is 16.3 Å². The van der Waals surface area contributed by atoms with E-state index < -0.39 is 0 Å². The van der Waals surface area contributed by atoms with Crippen LogP contribution in [-0.4, -0.2) is 4.98 Å². The molecule has 2 heteroatoms. The molecule has 0 aliphatic carbocycles. The van der Waals surface area contributed by atoms with Crippen molar-refractivity contribution < 1.29 is 0 Å². The average Bonchev–Trinajstić information content (AvgIpc) is 3.19. The van der Waals surface area contributed by atoms with E-state index >= 15 is 0 Å². The van der Waals surface area contributed by atoms with Gasteiger partial charge in [-0.05, 0) is 107 Å². The molecular weight excluding hydrogens is 605 g/mol. The molecule has 0 saturated carbocycles. The summed E-state index contributed by atoms with van der Waals surface area (Å²) in [6.45, 7) is 0. The molecule has 0 unspecified atom stereocenters. The second-order valence-corrected chi connectivity index (χ2v) is 13.0. The normalized spacial score (nSPS) is 11.6. The van der Waals surface area contributed by atoms with Crippen LogP contribution in [0.3, 0.4) is 0 Å². The molecule has 0 bridgehead atoms. The summed E-state index contributed by atoms with van der Waals surface area (Å²) >= 11 is 0. The van der Waals surface area contributed by atoms with Crippen LogP contribution in [0.15, 0.2) is 170 Å². The second kappa shape index (κ2) is 11.1. The van der Waals surface area contributed by atoms with Crippen molar-refractivity contribution in [2.45, 2.75) is 0 Å². The number of nitriles is 1. The standard InChI is InChI=1S/C48H28N2/c49-29-30-12-11-15-31(24-30)42-28-47(45-26-33-14-2-4-17-35(33)37-19-6-8-21-39(37)45)50-48-41-23-10-9-22-40(41)44(27-46(42)48)43-25-32-13-1-3-16-34(32)36-18-5-7-20-38(36)43/h1-28H. The van der Waals surface area contributed by atoms with Gasteiger partial charge in [-0.2, -0.15) is 5.26 Å². The predicted molar refractivity (Wildman–Crippen MR) is 210 cm³/mol. The van der Waals surface area contributed by atoms with E-state index in [9.17, 15) is 5.26 Å². The Bertz CT molecular complexity index is 3060. The number of nitrogens with zero attached hydrogens (tertiary/aromatic N) is 2. The quantitative estimate of drug-likeness (QED) is 0.182. The maximum absolute atomic E-state index is 9.93. The van der Waals surface area contributed by atoms with E-state index in [1.165, 1.54) is 54.2 Å². The fourth-order valence-electron chi connectivity index (χ4n) is 7.95. The highest BCUT2D eigenvalue weighted by Crippen LogP contribution is 2.44. The molecule has 9 aromatic carbocycles. The van der Waals surface area contributed by atoms with Crippen LogP contribution in [0.25, 0.3) is 98.3 Å². The van der Waals surface area contributed by atoms with E-state index in [4.69, 9.17) is 4.98 Å². The Morgan fingerprint density at radius 2 is 0.860 bits per heavy atom. The number of fused-ring (bicyclic) bond motifs is 9. The highest BCUT2D eigenvalue weighted by Gasteiger charge is 2.19. The highest BCUT2D eigenvalue weighted by molar-refractivity contribution is 6.22. The van der Waals surface area contributed by atoms with Crippen molar-refractivity contribution in [3.8, 4) is 39.6 Å². The van der Waals surface area contributed by atoms with Crippen molar-refractivity contribution in [3.63, 3.8) is 0 Å². The van der Waals surface area contributed by atoms with Gasteiger partial charge < -0.3 is 0 Å². The van der Waals surface area contributed by atoms with Gasteiger partial charge in [-0.25, -0.2) is 4.98 Å². The van der Waals surface area contributed by atoms with Crippen LogP contribution in [0.5, 0.6) is 0 Å². The summed E-state index contributed by atoms with van der Waals surface area (Å²) in [6.07, 6.45) is 0. The Hall–Kier alpha value is -6.82. The number of hydrogen-bond donors (Lipinski definition) is 0. The van der Waals surface area contributed by atoms with Crippen LogP contribution in [0.2, 0.25) is 0 Å². The fourth-order valence-corrected chi connectivity index (χ4v) is 7.95. The molecule has 0 aliphatic rings. The zero-order valence-corrected chi connectivity index (χ0v) is 27.1. The Balaban J connectivity index is 1.36. The molecule has 50 heavy (non-hydrogen) atoms. The molecule has 0 radical (unpaired) electrons. The predicted octanol–water partition coefficient (Wildman–Crippen LogP) is 12.9. The topological polar surface area (TPSA) is 36.7 Å². The Morgan fingerprint density at radius 1 is 0.360 bits per heavy atom. The minimum atomic E-state index is 0.631. The zero-order chi connectivity index (χ0) is 33.2. The van der Waals surface area contributed by atoms with Crippen molar-refractivity contribution in [1.29, 1.82) is 5.26 Å². The Labute approximate surface area is 289 Å². The van der Waals surface area contributed by atoms with Crippen LogP contribution in [0, 0.1) is 11.3 Å². The number of aromatic nitrogens is 1. The van der Waals surface area contributed by atoms with Crippen molar-refractivity contribution >= 4 is 64.8 Å². The summed E-state index contributed by atoms with van der Waals surface area (Å²) in [6, 6.07) is 62.7. The van der Waals surface area contributed by atoms with Crippen molar-refractivity contribution in [1.82, 2.24) is 4.98 Å². The molecule has 1 heterocycles. The number of benzene rings is 9. The van der Waals surface area contributed by atoms with Crippen molar-refractivity contribution in [3.05, 3.63) is 175 Å². The summed E-state index contributed by atoms with van der Waals surface area (Å²) < 4.78 is 0. The number of hydrogen-bond acceptors (Lipinski definition) is 2. The van der Waals surface area contributed by atoms with E-state index in [-0.39, 0.29) is 0 Å². The Morgan fingerprint density at radius 3 is 1.50 bits per heavy atom. The second-order valence-electron chi connectivity index (χ2n) is 13.0.